The number of nitrogen functional groups attached to an aromatic ring is 1. The summed E-state index contributed by atoms with van der Waals surface area (Å²) in [5.74, 6) is 0.552. The van der Waals surface area contributed by atoms with Crippen LogP contribution in [0.25, 0.3) is 0 Å². The first kappa shape index (κ1) is 15.4. The minimum atomic E-state index is -0.191. The Morgan fingerprint density at radius 1 is 1.29 bits per heavy atom. The van der Waals surface area contributed by atoms with E-state index in [-0.39, 0.29) is 5.91 Å². The number of carbonyl (C=O) groups excluding carboxylic acids is 1. The second-order valence-corrected chi connectivity index (χ2v) is 5.42. The summed E-state index contributed by atoms with van der Waals surface area (Å²) in [6.45, 7) is 2.70. The van der Waals surface area contributed by atoms with Crippen molar-refractivity contribution in [3.63, 3.8) is 0 Å². The number of benzene rings is 2. The van der Waals surface area contributed by atoms with Crippen LogP contribution in [0.5, 0.6) is 5.75 Å². The van der Waals surface area contributed by atoms with Crippen LogP contribution < -0.4 is 15.8 Å². The third kappa shape index (κ3) is 4.23. The summed E-state index contributed by atoms with van der Waals surface area (Å²) in [7, 11) is 0. The van der Waals surface area contributed by atoms with Gasteiger partial charge in [0.1, 0.15) is 5.75 Å². The number of rotatable bonds is 5. The van der Waals surface area contributed by atoms with Crippen LogP contribution in [0.2, 0.25) is 0 Å². The Labute approximate surface area is 132 Å². The zero-order valence-corrected chi connectivity index (χ0v) is 13.3. The van der Waals surface area contributed by atoms with Gasteiger partial charge in [0.2, 0.25) is 0 Å². The van der Waals surface area contributed by atoms with Crippen LogP contribution in [0.3, 0.4) is 0 Å². The molecule has 0 fully saturated rings. The van der Waals surface area contributed by atoms with Gasteiger partial charge in [0.05, 0.1) is 6.61 Å². The van der Waals surface area contributed by atoms with Gasteiger partial charge in [-0.2, -0.15) is 0 Å². The van der Waals surface area contributed by atoms with Crippen molar-refractivity contribution in [1.29, 1.82) is 0 Å². The molecule has 2 aromatic rings. The molecule has 0 radical (unpaired) electrons. The van der Waals surface area contributed by atoms with Crippen LogP contribution in [0, 0.1) is 0 Å². The molecule has 0 bridgehead atoms. The molecule has 2 rings (SSSR count). The number of carbonyl (C=O) groups is 1. The van der Waals surface area contributed by atoms with E-state index in [1.165, 1.54) is 0 Å². The molecular formula is C16H17BrN2O2. The number of amides is 1. The lowest BCUT2D eigenvalue weighted by Crippen LogP contribution is -2.12. The van der Waals surface area contributed by atoms with Crippen LogP contribution >= 0.6 is 15.9 Å². The third-order valence-electron chi connectivity index (χ3n) is 2.83. The van der Waals surface area contributed by atoms with Crippen LogP contribution in [-0.4, -0.2) is 12.5 Å². The van der Waals surface area contributed by atoms with E-state index in [9.17, 15) is 4.79 Å². The quantitative estimate of drug-likeness (QED) is 0.800. The largest absolute Gasteiger partial charge is 0.494 e. The fraction of sp³-hybridized carbons (Fsp3) is 0.188. The summed E-state index contributed by atoms with van der Waals surface area (Å²) < 4.78 is 6.25. The molecule has 0 saturated heterocycles. The molecule has 0 aliphatic carbocycles. The van der Waals surface area contributed by atoms with Crippen molar-refractivity contribution in [1.82, 2.24) is 0 Å². The van der Waals surface area contributed by atoms with Crippen molar-refractivity contribution in [2.75, 3.05) is 17.7 Å². The molecular weight excluding hydrogens is 332 g/mol. The summed E-state index contributed by atoms with van der Waals surface area (Å²) in [6, 6.07) is 12.4. The standard InChI is InChI=1S/C16H17BrN2O2/c1-2-8-21-13-5-3-4-12(10-13)19-16(20)11-6-7-15(18)14(17)9-11/h3-7,9-10H,2,8,18H2,1H3,(H,19,20). The van der Waals surface area contributed by atoms with E-state index in [2.05, 4.69) is 21.2 Å². The Bertz CT molecular complexity index is 644. The SMILES string of the molecule is CCCOc1cccc(NC(=O)c2ccc(N)c(Br)c2)c1. The molecule has 0 aromatic heterocycles. The Morgan fingerprint density at radius 3 is 2.81 bits per heavy atom. The number of hydrogen-bond donors (Lipinski definition) is 2. The third-order valence-corrected chi connectivity index (χ3v) is 3.51. The first-order chi connectivity index (χ1) is 10.1. The predicted octanol–water partition coefficient (Wildman–Crippen LogP) is 4.07. The first-order valence-corrected chi connectivity index (χ1v) is 7.48. The molecule has 4 nitrogen and oxygen atoms in total. The lowest BCUT2D eigenvalue weighted by atomic mass is 10.2. The molecule has 21 heavy (non-hydrogen) atoms. The number of nitrogens with one attached hydrogen (secondary N) is 1. The average molecular weight is 349 g/mol. The first-order valence-electron chi connectivity index (χ1n) is 6.69. The lowest BCUT2D eigenvalue weighted by molar-refractivity contribution is 0.102. The van der Waals surface area contributed by atoms with Gasteiger partial charge in [0, 0.05) is 27.5 Å². The van der Waals surface area contributed by atoms with Crippen molar-refractivity contribution in [2.24, 2.45) is 0 Å². The summed E-state index contributed by atoms with van der Waals surface area (Å²) in [6.07, 6.45) is 0.941. The highest BCUT2D eigenvalue weighted by molar-refractivity contribution is 9.10. The Morgan fingerprint density at radius 2 is 2.10 bits per heavy atom. The molecule has 0 unspecified atom stereocenters. The fourth-order valence-corrected chi connectivity index (χ4v) is 2.13. The minimum Gasteiger partial charge on any atom is -0.494 e. The summed E-state index contributed by atoms with van der Waals surface area (Å²) in [5.41, 5.74) is 7.55. The molecule has 0 spiro atoms. The average Bonchev–Trinajstić information content (AvgIpc) is 2.48. The van der Waals surface area contributed by atoms with Gasteiger partial charge in [0.15, 0.2) is 0 Å². The molecule has 0 aliphatic rings. The van der Waals surface area contributed by atoms with Crippen LogP contribution in [0.4, 0.5) is 11.4 Å². The van der Waals surface area contributed by atoms with Crippen molar-refractivity contribution in [3.8, 4) is 5.75 Å². The normalized spacial score (nSPS) is 10.2. The van der Waals surface area contributed by atoms with Crippen molar-refractivity contribution < 1.29 is 9.53 Å². The maximum Gasteiger partial charge on any atom is 0.255 e. The lowest BCUT2D eigenvalue weighted by Gasteiger charge is -2.09. The van der Waals surface area contributed by atoms with Gasteiger partial charge in [-0.3, -0.25) is 4.79 Å². The Balaban J connectivity index is 2.10. The monoisotopic (exact) mass is 348 g/mol. The van der Waals surface area contributed by atoms with Crippen LogP contribution in [0.1, 0.15) is 23.7 Å². The predicted molar refractivity (Wildman–Crippen MR) is 88.7 cm³/mol. The highest BCUT2D eigenvalue weighted by Gasteiger charge is 2.08. The molecule has 1 amide bonds. The summed E-state index contributed by atoms with van der Waals surface area (Å²) in [5, 5.41) is 2.84. The highest BCUT2D eigenvalue weighted by atomic mass is 79.9. The van der Waals surface area contributed by atoms with Gasteiger partial charge in [-0.15, -0.1) is 0 Å². The number of hydrogen-bond acceptors (Lipinski definition) is 3. The van der Waals surface area contributed by atoms with Crippen LogP contribution in [-0.2, 0) is 0 Å². The molecule has 0 heterocycles. The van der Waals surface area contributed by atoms with E-state index in [1.807, 2.05) is 25.1 Å². The van der Waals surface area contributed by atoms with Crippen LogP contribution in [0.15, 0.2) is 46.9 Å². The van der Waals surface area contributed by atoms with Crippen molar-refractivity contribution in [2.45, 2.75) is 13.3 Å². The number of nitrogens with two attached hydrogens (primary N) is 1. The van der Waals surface area contributed by atoms with Gasteiger partial charge in [0.25, 0.3) is 5.91 Å². The van der Waals surface area contributed by atoms with E-state index >= 15 is 0 Å². The number of halogens is 1. The van der Waals surface area contributed by atoms with E-state index in [0.29, 0.717) is 28.0 Å². The smallest absolute Gasteiger partial charge is 0.255 e. The van der Waals surface area contributed by atoms with E-state index in [4.69, 9.17) is 10.5 Å². The minimum absolute atomic E-state index is 0.191. The zero-order valence-electron chi connectivity index (χ0n) is 11.7. The maximum atomic E-state index is 12.2. The molecule has 110 valence electrons. The van der Waals surface area contributed by atoms with E-state index in [1.54, 1.807) is 24.3 Å². The molecule has 3 N–H and O–H groups in total. The number of anilines is 2. The number of ether oxygens (including phenoxy) is 1. The van der Waals surface area contributed by atoms with E-state index in [0.717, 1.165) is 12.2 Å². The molecule has 0 saturated carbocycles. The maximum absolute atomic E-state index is 12.2. The zero-order chi connectivity index (χ0) is 15.2. The van der Waals surface area contributed by atoms with E-state index < -0.39 is 0 Å². The topological polar surface area (TPSA) is 64.3 Å². The molecule has 0 aliphatic heterocycles. The molecule has 2 aromatic carbocycles. The Hall–Kier alpha value is -2.01. The van der Waals surface area contributed by atoms with Gasteiger partial charge in [-0.1, -0.05) is 13.0 Å². The highest BCUT2D eigenvalue weighted by Crippen LogP contribution is 2.22. The van der Waals surface area contributed by atoms with Gasteiger partial charge < -0.3 is 15.8 Å². The fourth-order valence-electron chi connectivity index (χ4n) is 1.76. The van der Waals surface area contributed by atoms with Crippen molar-refractivity contribution in [3.05, 3.63) is 52.5 Å². The van der Waals surface area contributed by atoms with Gasteiger partial charge in [-0.25, -0.2) is 0 Å². The van der Waals surface area contributed by atoms with Gasteiger partial charge in [-0.05, 0) is 52.7 Å². The second kappa shape index (κ2) is 7.13. The molecule has 0 atom stereocenters. The second-order valence-electron chi connectivity index (χ2n) is 4.57. The summed E-state index contributed by atoms with van der Waals surface area (Å²) in [4.78, 5) is 12.2. The summed E-state index contributed by atoms with van der Waals surface area (Å²) >= 11 is 3.31. The molecule has 5 heteroatoms. The van der Waals surface area contributed by atoms with Gasteiger partial charge >= 0.3 is 0 Å². The van der Waals surface area contributed by atoms with Crippen molar-refractivity contribution >= 4 is 33.2 Å². The Kier molecular flexibility index (Phi) is 5.22.